The molecule has 112 valence electrons. The Morgan fingerprint density at radius 3 is 2.77 bits per heavy atom. The lowest BCUT2D eigenvalue weighted by molar-refractivity contribution is -0.116. The summed E-state index contributed by atoms with van der Waals surface area (Å²) < 4.78 is 6.72. The second kappa shape index (κ2) is 6.21. The van der Waals surface area contributed by atoms with Gasteiger partial charge < -0.3 is 9.84 Å². The molecule has 0 unspecified atom stereocenters. The first-order valence-electron chi connectivity index (χ1n) is 6.90. The Balaban J connectivity index is 1.55. The van der Waals surface area contributed by atoms with E-state index in [1.54, 1.807) is 17.8 Å². The van der Waals surface area contributed by atoms with Gasteiger partial charge in [0.25, 0.3) is 0 Å². The number of nitrogens with one attached hydrogen (secondary N) is 1. The standard InChI is InChI=1S/C15H15N5O2/c1-11-17-15(22-19-11)8-7-14(21)18-12-3-5-13(6-4-12)20-10-2-9-16-20/h2-6,9-10H,7-8H2,1H3,(H,18,21). The van der Waals surface area contributed by atoms with Crippen LogP contribution < -0.4 is 5.32 Å². The second-order valence-electron chi connectivity index (χ2n) is 4.78. The van der Waals surface area contributed by atoms with Crippen LogP contribution in [-0.4, -0.2) is 25.8 Å². The zero-order chi connectivity index (χ0) is 15.4. The van der Waals surface area contributed by atoms with Crippen LogP contribution in [0.3, 0.4) is 0 Å². The van der Waals surface area contributed by atoms with Crippen LogP contribution in [-0.2, 0) is 11.2 Å². The molecule has 0 atom stereocenters. The fourth-order valence-corrected chi connectivity index (χ4v) is 2.00. The summed E-state index contributed by atoms with van der Waals surface area (Å²) in [6.45, 7) is 1.74. The Bertz CT molecular complexity index is 747. The summed E-state index contributed by atoms with van der Waals surface area (Å²) >= 11 is 0. The third-order valence-electron chi connectivity index (χ3n) is 3.06. The van der Waals surface area contributed by atoms with Gasteiger partial charge in [0, 0.05) is 30.9 Å². The number of carbonyl (C=O) groups excluding carboxylic acids is 1. The first-order valence-corrected chi connectivity index (χ1v) is 6.90. The molecule has 0 aliphatic carbocycles. The van der Waals surface area contributed by atoms with E-state index >= 15 is 0 Å². The van der Waals surface area contributed by atoms with Crippen LogP contribution >= 0.6 is 0 Å². The molecule has 7 nitrogen and oxygen atoms in total. The molecule has 0 saturated carbocycles. The van der Waals surface area contributed by atoms with Gasteiger partial charge in [0.1, 0.15) is 0 Å². The van der Waals surface area contributed by atoms with Crippen LogP contribution in [0.5, 0.6) is 0 Å². The molecule has 1 aromatic carbocycles. The average molecular weight is 297 g/mol. The average Bonchev–Trinajstić information content (AvgIpc) is 3.17. The maximum Gasteiger partial charge on any atom is 0.227 e. The number of anilines is 1. The quantitative estimate of drug-likeness (QED) is 0.779. The molecule has 0 aliphatic rings. The van der Waals surface area contributed by atoms with E-state index in [2.05, 4.69) is 20.6 Å². The molecule has 0 bridgehead atoms. The van der Waals surface area contributed by atoms with Gasteiger partial charge in [-0.25, -0.2) is 4.68 Å². The molecule has 3 aromatic rings. The molecule has 7 heteroatoms. The molecule has 3 rings (SSSR count). The zero-order valence-corrected chi connectivity index (χ0v) is 12.1. The minimum atomic E-state index is -0.0947. The van der Waals surface area contributed by atoms with Crippen molar-refractivity contribution in [2.75, 3.05) is 5.32 Å². The maximum atomic E-state index is 11.9. The Kier molecular flexibility index (Phi) is 3.95. The summed E-state index contributed by atoms with van der Waals surface area (Å²) in [4.78, 5) is 15.9. The van der Waals surface area contributed by atoms with E-state index in [0.29, 0.717) is 24.6 Å². The van der Waals surface area contributed by atoms with Gasteiger partial charge in [-0.2, -0.15) is 10.1 Å². The monoisotopic (exact) mass is 297 g/mol. The van der Waals surface area contributed by atoms with Crippen LogP contribution in [0.25, 0.3) is 5.69 Å². The van der Waals surface area contributed by atoms with Crippen molar-refractivity contribution in [1.29, 1.82) is 0 Å². The lowest BCUT2D eigenvalue weighted by Crippen LogP contribution is -2.12. The summed E-state index contributed by atoms with van der Waals surface area (Å²) in [7, 11) is 0. The topological polar surface area (TPSA) is 85.8 Å². The summed E-state index contributed by atoms with van der Waals surface area (Å²) in [5, 5.41) is 10.7. The highest BCUT2D eigenvalue weighted by Gasteiger charge is 2.08. The molecule has 0 aliphatic heterocycles. The SMILES string of the molecule is Cc1noc(CCC(=O)Nc2ccc(-n3cccn3)cc2)n1. The van der Waals surface area contributed by atoms with Crippen LogP contribution in [0.1, 0.15) is 18.1 Å². The fourth-order valence-electron chi connectivity index (χ4n) is 2.00. The van der Waals surface area contributed by atoms with Crippen molar-refractivity contribution in [3.63, 3.8) is 0 Å². The number of hydrogen-bond donors (Lipinski definition) is 1. The number of nitrogens with zero attached hydrogens (tertiary/aromatic N) is 4. The molecular weight excluding hydrogens is 282 g/mol. The van der Waals surface area contributed by atoms with E-state index in [0.717, 1.165) is 11.4 Å². The van der Waals surface area contributed by atoms with E-state index in [-0.39, 0.29) is 5.91 Å². The van der Waals surface area contributed by atoms with Crippen LogP contribution in [0, 0.1) is 6.92 Å². The third-order valence-corrected chi connectivity index (χ3v) is 3.06. The van der Waals surface area contributed by atoms with E-state index in [1.165, 1.54) is 0 Å². The van der Waals surface area contributed by atoms with E-state index in [4.69, 9.17) is 4.52 Å². The van der Waals surface area contributed by atoms with Gasteiger partial charge in [-0.3, -0.25) is 4.79 Å². The predicted molar refractivity (Wildman–Crippen MR) is 79.5 cm³/mol. The van der Waals surface area contributed by atoms with Gasteiger partial charge >= 0.3 is 0 Å². The number of aryl methyl sites for hydroxylation is 2. The fraction of sp³-hybridized carbons (Fsp3) is 0.200. The summed E-state index contributed by atoms with van der Waals surface area (Å²) in [5.41, 5.74) is 1.67. The molecule has 2 aromatic heterocycles. The predicted octanol–water partition coefficient (Wildman–Crippen LogP) is 2.14. The van der Waals surface area contributed by atoms with Crippen molar-refractivity contribution in [1.82, 2.24) is 19.9 Å². The van der Waals surface area contributed by atoms with Crippen molar-refractivity contribution >= 4 is 11.6 Å². The molecule has 0 spiro atoms. The van der Waals surface area contributed by atoms with E-state index in [9.17, 15) is 4.79 Å². The number of carbonyl (C=O) groups is 1. The number of benzene rings is 1. The zero-order valence-electron chi connectivity index (χ0n) is 12.1. The first kappa shape index (κ1) is 14.0. The smallest absolute Gasteiger partial charge is 0.227 e. The summed E-state index contributed by atoms with van der Waals surface area (Å²) in [6, 6.07) is 9.32. The second-order valence-corrected chi connectivity index (χ2v) is 4.78. The molecule has 1 amide bonds. The van der Waals surface area contributed by atoms with Gasteiger partial charge in [-0.15, -0.1) is 0 Å². The van der Waals surface area contributed by atoms with Gasteiger partial charge in [0.2, 0.25) is 11.8 Å². The molecule has 1 N–H and O–H groups in total. The van der Waals surface area contributed by atoms with Crippen LogP contribution in [0.4, 0.5) is 5.69 Å². The Morgan fingerprint density at radius 1 is 1.32 bits per heavy atom. The van der Waals surface area contributed by atoms with E-state index in [1.807, 2.05) is 36.5 Å². The number of hydrogen-bond acceptors (Lipinski definition) is 5. The molecule has 2 heterocycles. The molecular formula is C15H15N5O2. The van der Waals surface area contributed by atoms with Gasteiger partial charge in [0.15, 0.2) is 5.82 Å². The number of aromatic nitrogens is 4. The van der Waals surface area contributed by atoms with Crippen molar-refractivity contribution in [2.45, 2.75) is 19.8 Å². The minimum Gasteiger partial charge on any atom is -0.339 e. The Hall–Kier alpha value is -2.96. The van der Waals surface area contributed by atoms with Crippen LogP contribution in [0.15, 0.2) is 47.2 Å². The maximum absolute atomic E-state index is 11.9. The summed E-state index contributed by atoms with van der Waals surface area (Å²) in [5.74, 6) is 0.953. The normalized spacial score (nSPS) is 10.6. The van der Waals surface area contributed by atoms with Crippen molar-refractivity contribution in [2.24, 2.45) is 0 Å². The van der Waals surface area contributed by atoms with Gasteiger partial charge in [-0.05, 0) is 37.3 Å². The lowest BCUT2D eigenvalue weighted by Gasteiger charge is -2.06. The molecule has 0 saturated heterocycles. The largest absolute Gasteiger partial charge is 0.339 e. The van der Waals surface area contributed by atoms with E-state index < -0.39 is 0 Å². The van der Waals surface area contributed by atoms with Crippen molar-refractivity contribution < 1.29 is 9.32 Å². The number of amides is 1. The molecule has 0 fully saturated rings. The van der Waals surface area contributed by atoms with Crippen molar-refractivity contribution in [3.8, 4) is 5.69 Å². The lowest BCUT2D eigenvalue weighted by atomic mass is 10.2. The number of rotatable bonds is 5. The molecule has 22 heavy (non-hydrogen) atoms. The van der Waals surface area contributed by atoms with Crippen LogP contribution in [0.2, 0.25) is 0 Å². The van der Waals surface area contributed by atoms with Gasteiger partial charge in [0.05, 0.1) is 5.69 Å². The molecule has 0 radical (unpaired) electrons. The van der Waals surface area contributed by atoms with Crippen molar-refractivity contribution in [3.05, 3.63) is 54.4 Å². The highest BCUT2D eigenvalue weighted by Crippen LogP contribution is 2.13. The highest BCUT2D eigenvalue weighted by atomic mass is 16.5. The minimum absolute atomic E-state index is 0.0947. The highest BCUT2D eigenvalue weighted by molar-refractivity contribution is 5.90. The Morgan fingerprint density at radius 2 is 2.14 bits per heavy atom. The first-order chi connectivity index (χ1) is 10.7. The Labute approximate surface area is 127 Å². The summed E-state index contributed by atoms with van der Waals surface area (Å²) in [6.07, 6.45) is 4.30. The third kappa shape index (κ3) is 3.38. The van der Waals surface area contributed by atoms with Gasteiger partial charge in [-0.1, -0.05) is 5.16 Å².